The first-order chi connectivity index (χ1) is 12.6. The number of aliphatic hydroxyl groups is 1. The average Bonchev–Trinajstić information content (AvgIpc) is 2.55. The Balaban J connectivity index is 1.84. The van der Waals surface area contributed by atoms with Crippen LogP contribution in [0, 0.1) is 5.41 Å². The van der Waals surface area contributed by atoms with Crippen molar-refractivity contribution in [3.63, 3.8) is 0 Å². The average molecular weight is 375 g/mol. The van der Waals surface area contributed by atoms with E-state index in [0.29, 0.717) is 38.8 Å². The number of benzene rings is 1. The Kier molecular flexibility index (Phi) is 7.04. The molecule has 2 rings (SSSR count). The van der Waals surface area contributed by atoms with E-state index in [-0.39, 0.29) is 17.2 Å². The van der Waals surface area contributed by atoms with Crippen molar-refractivity contribution >= 4 is 17.5 Å². The van der Waals surface area contributed by atoms with Gasteiger partial charge in [0.1, 0.15) is 0 Å². The van der Waals surface area contributed by atoms with Crippen molar-refractivity contribution in [1.82, 2.24) is 4.90 Å². The topological polar surface area (TPSA) is 69.6 Å². The molecular formula is C22H34N2O3. The fourth-order valence-electron chi connectivity index (χ4n) is 3.57. The van der Waals surface area contributed by atoms with Gasteiger partial charge in [0.2, 0.25) is 11.8 Å². The summed E-state index contributed by atoms with van der Waals surface area (Å²) in [5.74, 6) is 0.0947. The number of anilines is 1. The van der Waals surface area contributed by atoms with E-state index in [1.54, 1.807) is 0 Å². The molecule has 27 heavy (non-hydrogen) atoms. The molecule has 150 valence electrons. The normalized spacial score (nSPS) is 16.9. The first-order valence-corrected chi connectivity index (χ1v) is 9.99. The van der Waals surface area contributed by atoms with E-state index in [0.717, 1.165) is 24.1 Å². The van der Waals surface area contributed by atoms with Gasteiger partial charge in [0, 0.05) is 25.2 Å². The van der Waals surface area contributed by atoms with Crippen molar-refractivity contribution in [2.75, 3.05) is 18.4 Å². The number of carbonyl (C=O) groups excluding carboxylic acids is 2. The lowest BCUT2D eigenvalue weighted by Gasteiger charge is -2.38. The van der Waals surface area contributed by atoms with Gasteiger partial charge in [0.05, 0.1) is 12.0 Å². The van der Waals surface area contributed by atoms with Gasteiger partial charge in [0.15, 0.2) is 0 Å². The van der Waals surface area contributed by atoms with Crippen LogP contribution in [-0.2, 0) is 16.0 Å². The summed E-state index contributed by atoms with van der Waals surface area (Å²) in [6.45, 7) is 9.41. The minimum Gasteiger partial charge on any atom is -0.390 e. The van der Waals surface area contributed by atoms with Crippen LogP contribution in [0.4, 0.5) is 5.69 Å². The van der Waals surface area contributed by atoms with Gasteiger partial charge in [-0.1, -0.05) is 46.2 Å². The van der Waals surface area contributed by atoms with Crippen molar-refractivity contribution in [3.8, 4) is 0 Å². The van der Waals surface area contributed by atoms with Crippen LogP contribution in [0.3, 0.4) is 0 Å². The minimum absolute atomic E-state index is 0.000732. The first-order valence-electron chi connectivity index (χ1n) is 9.99. The number of piperidine rings is 1. The van der Waals surface area contributed by atoms with Gasteiger partial charge in [0.25, 0.3) is 0 Å². The Labute approximate surface area is 163 Å². The zero-order valence-corrected chi connectivity index (χ0v) is 17.2. The molecule has 1 aliphatic heterocycles. The van der Waals surface area contributed by atoms with Crippen LogP contribution >= 0.6 is 0 Å². The van der Waals surface area contributed by atoms with Crippen LogP contribution in [0.15, 0.2) is 24.3 Å². The molecule has 5 nitrogen and oxygen atoms in total. The maximum absolute atomic E-state index is 12.5. The summed E-state index contributed by atoms with van der Waals surface area (Å²) in [5.41, 5.74) is 1.04. The Bertz CT molecular complexity index is 639. The van der Waals surface area contributed by atoms with E-state index in [1.165, 1.54) is 0 Å². The molecule has 1 fully saturated rings. The van der Waals surface area contributed by atoms with E-state index in [1.807, 2.05) is 49.9 Å². The third-order valence-corrected chi connectivity index (χ3v) is 5.05. The molecule has 0 saturated carbocycles. The van der Waals surface area contributed by atoms with Crippen LogP contribution in [0.25, 0.3) is 0 Å². The number of nitrogens with zero attached hydrogens (tertiary/aromatic N) is 1. The SMILES string of the molecule is CCCC1(O)CCN(C(=O)Cc2ccc(NC(=O)CC(C)(C)C)cc2)CC1. The van der Waals surface area contributed by atoms with E-state index in [4.69, 9.17) is 0 Å². The molecule has 1 aromatic rings. The Hall–Kier alpha value is -1.88. The molecule has 2 N–H and O–H groups in total. The zero-order chi connectivity index (χ0) is 20.1. The second kappa shape index (κ2) is 8.87. The molecule has 0 aromatic heterocycles. The van der Waals surface area contributed by atoms with Gasteiger partial charge in [-0.15, -0.1) is 0 Å². The summed E-state index contributed by atoms with van der Waals surface area (Å²) in [6.07, 6.45) is 3.90. The lowest BCUT2D eigenvalue weighted by atomic mass is 9.87. The van der Waals surface area contributed by atoms with E-state index in [2.05, 4.69) is 12.2 Å². The predicted octanol–water partition coefficient (Wildman–Crippen LogP) is 3.76. The summed E-state index contributed by atoms with van der Waals surface area (Å²) in [4.78, 5) is 26.4. The van der Waals surface area contributed by atoms with Crippen LogP contribution in [-0.4, -0.2) is 40.5 Å². The molecule has 1 saturated heterocycles. The number of amides is 2. The van der Waals surface area contributed by atoms with Crippen molar-refractivity contribution in [3.05, 3.63) is 29.8 Å². The van der Waals surface area contributed by atoms with Crippen LogP contribution in [0.1, 0.15) is 65.4 Å². The summed E-state index contributed by atoms with van der Waals surface area (Å²) in [6, 6.07) is 7.47. The first kappa shape index (κ1) is 21.4. The van der Waals surface area contributed by atoms with Crippen LogP contribution in [0.2, 0.25) is 0 Å². The molecule has 0 spiro atoms. The third-order valence-electron chi connectivity index (χ3n) is 5.05. The second-order valence-electron chi connectivity index (χ2n) is 9.01. The molecule has 0 aliphatic carbocycles. The van der Waals surface area contributed by atoms with Gasteiger partial charge >= 0.3 is 0 Å². The fraction of sp³-hybridized carbons (Fsp3) is 0.636. The fourth-order valence-corrected chi connectivity index (χ4v) is 3.57. The van der Waals surface area contributed by atoms with Gasteiger partial charge in [-0.3, -0.25) is 9.59 Å². The lowest BCUT2D eigenvalue weighted by molar-refractivity contribution is -0.135. The summed E-state index contributed by atoms with van der Waals surface area (Å²) in [7, 11) is 0. The van der Waals surface area contributed by atoms with E-state index < -0.39 is 5.60 Å². The molecule has 0 atom stereocenters. The van der Waals surface area contributed by atoms with Crippen LogP contribution < -0.4 is 5.32 Å². The molecule has 1 aromatic carbocycles. The summed E-state index contributed by atoms with van der Waals surface area (Å²) >= 11 is 0. The smallest absolute Gasteiger partial charge is 0.226 e. The molecular weight excluding hydrogens is 340 g/mol. The van der Waals surface area contributed by atoms with E-state index >= 15 is 0 Å². The van der Waals surface area contributed by atoms with Gasteiger partial charge in [-0.2, -0.15) is 0 Å². The quantitative estimate of drug-likeness (QED) is 0.796. The molecule has 2 amide bonds. The Morgan fingerprint density at radius 2 is 1.74 bits per heavy atom. The molecule has 0 radical (unpaired) electrons. The molecule has 1 heterocycles. The predicted molar refractivity (Wildman–Crippen MR) is 109 cm³/mol. The number of nitrogens with one attached hydrogen (secondary N) is 1. The lowest BCUT2D eigenvalue weighted by Crippen LogP contribution is -2.47. The molecule has 0 bridgehead atoms. The van der Waals surface area contributed by atoms with Crippen molar-refractivity contribution in [2.45, 2.75) is 71.8 Å². The number of carbonyl (C=O) groups is 2. The summed E-state index contributed by atoms with van der Waals surface area (Å²) < 4.78 is 0. The minimum atomic E-state index is -0.599. The number of hydrogen-bond donors (Lipinski definition) is 2. The highest BCUT2D eigenvalue weighted by molar-refractivity contribution is 5.91. The van der Waals surface area contributed by atoms with Gasteiger partial charge in [-0.05, 0) is 42.4 Å². The largest absolute Gasteiger partial charge is 0.390 e. The van der Waals surface area contributed by atoms with Crippen molar-refractivity contribution < 1.29 is 14.7 Å². The molecule has 1 aliphatic rings. The zero-order valence-electron chi connectivity index (χ0n) is 17.2. The summed E-state index contributed by atoms with van der Waals surface area (Å²) in [5, 5.41) is 13.4. The Morgan fingerprint density at radius 1 is 1.15 bits per heavy atom. The second-order valence-corrected chi connectivity index (χ2v) is 9.01. The maximum Gasteiger partial charge on any atom is 0.226 e. The number of rotatable bonds is 6. The monoisotopic (exact) mass is 374 g/mol. The van der Waals surface area contributed by atoms with E-state index in [9.17, 15) is 14.7 Å². The molecule has 0 unspecified atom stereocenters. The highest BCUT2D eigenvalue weighted by Gasteiger charge is 2.32. The highest BCUT2D eigenvalue weighted by Crippen LogP contribution is 2.27. The number of likely N-dealkylation sites (tertiary alicyclic amines) is 1. The van der Waals surface area contributed by atoms with Gasteiger partial charge < -0.3 is 15.3 Å². The van der Waals surface area contributed by atoms with Crippen molar-refractivity contribution in [1.29, 1.82) is 0 Å². The standard InChI is InChI=1S/C22H34N2O3/c1-5-10-22(27)11-13-24(14-12-22)20(26)15-17-6-8-18(9-7-17)23-19(25)16-21(2,3)4/h6-9,27H,5,10-16H2,1-4H3,(H,23,25). The molecule has 5 heteroatoms. The van der Waals surface area contributed by atoms with Crippen molar-refractivity contribution in [2.24, 2.45) is 5.41 Å². The number of hydrogen-bond acceptors (Lipinski definition) is 3. The third kappa shape index (κ3) is 6.98. The maximum atomic E-state index is 12.5. The van der Waals surface area contributed by atoms with Crippen LogP contribution in [0.5, 0.6) is 0 Å². The Morgan fingerprint density at radius 3 is 2.26 bits per heavy atom. The van der Waals surface area contributed by atoms with Gasteiger partial charge in [-0.25, -0.2) is 0 Å². The highest BCUT2D eigenvalue weighted by atomic mass is 16.3.